The maximum absolute atomic E-state index is 13.5. The number of amides is 3. The van der Waals surface area contributed by atoms with Gasteiger partial charge in [0.25, 0.3) is 5.56 Å². The lowest BCUT2D eigenvalue weighted by molar-refractivity contribution is -0.128. The molecule has 0 fully saturated rings. The third-order valence-corrected chi connectivity index (χ3v) is 5.55. The first-order valence-corrected chi connectivity index (χ1v) is 10.4. The van der Waals surface area contributed by atoms with E-state index in [1.165, 1.54) is 21.9 Å². The van der Waals surface area contributed by atoms with Crippen LogP contribution in [0.2, 0.25) is 5.02 Å². The Morgan fingerprint density at radius 3 is 2.50 bits per heavy atom. The number of nitrogens with one attached hydrogen (secondary N) is 2. The van der Waals surface area contributed by atoms with E-state index < -0.39 is 17.9 Å². The standard InChI is InChI=1S/C23H24ClFN4O3/c1-14(18-13-26-22(31)17-7-5-4-6-16(17)18)29(11-10-21(30)28(2)3)23(32)27-15-8-9-20(25)19(24)12-15/h4-9,12-14H,10-11H2,1-3H3,(H,26,31)(H,27,32)/t14-/m1/s1. The largest absolute Gasteiger partial charge is 0.349 e. The number of aromatic amines is 1. The number of benzene rings is 2. The molecule has 7 nitrogen and oxygen atoms in total. The Hall–Kier alpha value is -3.39. The van der Waals surface area contributed by atoms with Crippen molar-refractivity contribution < 1.29 is 14.0 Å². The van der Waals surface area contributed by atoms with Crippen molar-refractivity contribution in [1.29, 1.82) is 0 Å². The lowest BCUT2D eigenvalue weighted by Gasteiger charge is -2.30. The van der Waals surface area contributed by atoms with Crippen molar-refractivity contribution in [3.63, 3.8) is 0 Å². The number of fused-ring (bicyclic) bond motifs is 1. The van der Waals surface area contributed by atoms with Crippen LogP contribution < -0.4 is 10.9 Å². The lowest BCUT2D eigenvalue weighted by Crippen LogP contribution is -2.39. The van der Waals surface area contributed by atoms with Crippen molar-refractivity contribution in [1.82, 2.24) is 14.8 Å². The smallest absolute Gasteiger partial charge is 0.322 e. The fourth-order valence-electron chi connectivity index (χ4n) is 3.43. The molecule has 0 radical (unpaired) electrons. The average molecular weight is 459 g/mol. The van der Waals surface area contributed by atoms with Gasteiger partial charge in [0.1, 0.15) is 5.82 Å². The Balaban J connectivity index is 1.95. The predicted octanol–water partition coefficient (Wildman–Crippen LogP) is 4.39. The van der Waals surface area contributed by atoms with Crippen LogP contribution in [0, 0.1) is 5.82 Å². The molecule has 0 unspecified atom stereocenters. The minimum atomic E-state index is -0.592. The Kier molecular flexibility index (Phi) is 7.15. The van der Waals surface area contributed by atoms with E-state index in [0.717, 1.165) is 11.6 Å². The number of hydrogen-bond acceptors (Lipinski definition) is 3. The molecule has 168 valence electrons. The number of carbonyl (C=O) groups excluding carboxylic acids is 2. The van der Waals surface area contributed by atoms with E-state index in [1.54, 1.807) is 32.4 Å². The molecule has 9 heteroatoms. The van der Waals surface area contributed by atoms with Gasteiger partial charge in [-0.2, -0.15) is 0 Å². The fraction of sp³-hybridized carbons (Fsp3) is 0.261. The van der Waals surface area contributed by atoms with Gasteiger partial charge in [-0.1, -0.05) is 29.8 Å². The van der Waals surface area contributed by atoms with Crippen LogP contribution in [0.25, 0.3) is 10.8 Å². The topological polar surface area (TPSA) is 85.5 Å². The van der Waals surface area contributed by atoms with Crippen LogP contribution >= 0.6 is 11.6 Å². The number of urea groups is 1. The lowest BCUT2D eigenvalue weighted by atomic mass is 10.0. The molecule has 0 aliphatic rings. The van der Waals surface area contributed by atoms with E-state index in [0.29, 0.717) is 16.5 Å². The zero-order valence-electron chi connectivity index (χ0n) is 18.0. The van der Waals surface area contributed by atoms with Gasteiger partial charge in [-0.25, -0.2) is 9.18 Å². The molecule has 0 bridgehead atoms. The van der Waals surface area contributed by atoms with Crippen LogP contribution in [0.3, 0.4) is 0 Å². The number of halogens is 2. The van der Waals surface area contributed by atoms with Crippen LogP contribution in [0.4, 0.5) is 14.9 Å². The molecule has 1 aromatic heterocycles. The number of aromatic nitrogens is 1. The van der Waals surface area contributed by atoms with Gasteiger partial charge in [0.05, 0.1) is 11.1 Å². The molecule has 32 heavy (non-hydrogen) atoms. The zero-order chi connectivity index (χ0) is 23.4. The molecule has 3 rings (SSSR count). The average Bonchev–Trinajstić information content (AvgIpc) is 2.76. The number of hydrogen-bond donors (Lipinski definition) is 2. The predicted molar refractivity (Wildman–Crippen MR) is 123 cm³/mol. The first kappa shape index (κ1) is 23.3. The summed E-state index contributed by atoms with van der Waals surface area (Å²) in [5.74, 6) is -0.725. The summed E-state index contributed by atoms with van der Waals surface area (Å²) < 4.78 is 13.5. The zero-order valence-corrected chi connectivity index (χ0v) is 18.7. The normalized spacial score (nSPS) is 11.8. The highest BCUT2D eigenvalue weighted by Gasteiger charge is 2.25. The van der Waals surface area contributed by atoms with Gasteiger partial charge < -0.3 is 20.1 Å². The molecule has 0 saturated heterocycles. The molecule has 2 aromatic carbocycles. The Labute approximate surface area is 189 Å². The fourth-order valence-corrected chi connectivity index (χ4v) is 3.61. The molecule has 3 amide bonds. The van der Waals surface area contributed by atoms with Crippen LogP contribution in [0.1, 0.15) is 24.9 Å². The maximum atomic E-state index is 13.5. The van der Waals surface area contributed by atoms with Crippen molar-refractivity contribution >= 4 is 40.0 Å². The van der Waals surface area contributed by atoms with Crippen molar-refractivity contribution in [2.75, 3.05) is 26.0 Å². The highest BCUT2D eigenvalue weighted by Crippen LogP contribution is 2.27. The number of rotatable bonds is 6. The molecule has 1 atom stereocenters. The number of H-pyrrole nitrogens is 1. The van der Waals surface area contributed by atoms with Gasteiger partial charge >= 0.3 is 6.03 Å². The van der Waals surface area contributed by atoms with E-state index in [-0.39, 0.29) is 29.5 Å². The summed E-state index contributed by atoms with van der Waals surface area (Å²) in [4.78, 5) is 43.3. The third-order valence-electron chi connectivity index (χ3n) is 5.26. The second kappa shape index (κ2) is 9.82. The Morgan fingerprint density at radius 2 is 1.84 bits per heavy atom. The molecular formula is C23H24ClFN4O3. The minimum Gasteiger partial charge on any atom is -0.349 e. The summed E-state index contributed by atoms with van der Waals surface area (Å²) in [7, 11) is 3.29. The minimum absolute atomic E-state index is 0.107. The molecule has 0 spiro atoms. The van der Waals surface area contributed by atoms with Gasteiger partial charge in [0.15, 0.2) is 0 Å². The van der Waals surface area contributed by atoms with E-state index in [2.05, 4.69) is 10.3 Å². The van der Waals surface area contributed by atoms with E-state index in [1.807, 2.05) is 19.1 Å². The SMILES string of the molecule is C[C@H](c1c[nH]c(=O)c2ccccc12)N(CCC(=O)N(C)C)C(=O)Nc1ccc(F)c(Cl)c1. The Morgan fingerprint density at radius 1 is 1.16 bits per heavy atom. The van der Waals surface area contributed by atoms with Gasteiger partial charge in [-0.15, -0.1) is 0 Å². The van der Waals surface area contributed by atoms with Gasteiger partial charge in [0.2, 0.25) is 5.91 Å². The Bertz CT molecular complexity index is 1210. The van der Waals surface area contributed by atoms with Crippen molar-refractivity contribution in [2.24, 2.45) is 0 Å². The summed E-state index contributed by atoms with van der Waals surface area (Å²) >= 11 is 5.83. The van der Waals surface area contributed by atoms with Crippen LogP contribution in [0.5, 0.6) is 0 Å². The van der Waals surface area contributed by atoms with E-state index >= 15 is 0 Å². The van der Waals surface area contributed by atoms with Crippen molar-refractivity contribution in [3.05, 3.63) is 75.4 Å². The summed E-state index contributed by atoms with van der Waals surface area (Å²) in [6.07, 6.45) is 1.69. The quantitative estimate of drug-likeness (QED) is 0.574. The summed E-state index contributed by atoms with van der Waals surface area (Å²) in [5.41, 5.74) is 0.824. The molecule has 1 heterocycles. The molecule has 0 aliphatic carbocycles. The first-order chi connectivity index (χ1) is 15.2. The molecule has 2 N–H and O–H groups in total. The molecular weight excluding hydrogens is 435 g/mol. The number of pyridine rings is 1. The highest BCUT2D eigenvalue weighted by atomic mass is 35.5. The van der Waals surface area contributed by atoms with Crippen LogP contribution in [-0.2, 0) is 4.79 Å². The first-order valence-electron chi connectivity index (χ1n) is 10.0. The molecule has 0 saturated carbocycles. The molecule has 3 aromatic rings. The van der Waals surface area contributed by atoms with Gasteiger partial charge in [0, 0.05) is 44.3 Å². The van der Waals surface area contributed by atoms with E-state index in [9.17, 15) is 18.8 Å². The van der Waals surface area contributed by atoms with Crippen molar-refractivity contribution in [2.45, 2.75) is 19.4 Å². The molecule has 0 aliphatic heterocycles. The second-order valence-corrected chi connectivity index (χ2v) is 7.99. The number of anilines is 1. The summed E-state index contributed by atoms with van der Waals surface area (Å²) in [6, 6.07) is 10.0. The second-order valence-electron chi connectivity index (χ2n) is 7.59. The highest BCUT2D eigenvalue weighted by molar-refractivity contribution is 6.31. The van der Waals surface area contributed by atoms with E-state index in [4.69, 9.17) is 11.6 Å². The van der Waals surface area contributed by atoms with Crippen LogP contribution in [0.15, 0.2) is 53.5 Å². The number of carbonyl (C=O) groups is 2. The monoisotopic (exact) mass is 458 g/mol. The van der Waals surface area contributed by atoms with Gasteiger partial charge in [-0.05, 0) is 42.1 Å². The summed E-state index contributed by atoms with van der Waals surface area (Å²) in [5, 5.41) is 3.82. The van der Waals surface area contributed by atoms with Gasteiger partial charge in [-0.3, -0.25) is 9.59 Å². The maximum Gasteiger partial charge on any atom is 0.322 e. The van der Waals surface area contributed by atoms with Crippen molar-refractivity contribution in [3.8, 4) is 0 Å². The summed E-state index contributed by atoms with van der Waals surface area (Å²) in [6.45, 7) is 1.95. The third kappa shape index (κ3) is 5.08. The number of nitrogens with zero attached hydrogens (tertiary/aromatic N) is 2. The van der Waals surface area contributed by atoms with Crippen LogP contribution in [-0.4, -0.2) is 47.4 Å².